The summed E-state index contributed by atoms with van der Waals surface area (Å²) in [6, 6.07) is 10.0. The Morgan fingerprint density at radius 1 is 0.982 bits per heavy atom. The maximum Gasteiger partial charge on any atom is 0.459 e. The fourth-order valence-corrected chi connectivity index (χ4v) is 8.09. The number of aromatic nitrogens is 3. The van der Waals surface area contributed by atoms with Gasteiger partial charge in [-0.2, -0.15) is 23.4 Å². The molecule has 15 nitrogen and oxygen atoms in total. The molecular formula is C37H49F3N5O10P. The first kappa shape index (κ1) is 42.9. The Balaban J connectivity index is 1.41. The summed E-state index contributed by atoms with van der Waals surface area (Å²) in [4.78, 5) is 43.5. The van der Waals surface area contributed by atoms with Crippen molar-refractivity contribution >= 4 is 37.0 Å². The number of carbonyl (C=O) groups excluding carboxylic acids is 3. The molecule has 0 amide bonds. The van der Waals surface area contributed by atoms with Crippen LogP contribution >= 0.6 is 7.75 Å². The third kappa shape index (κ3) is 10.2. The average Bonchev–Trinajstić information content (AvgIpc) is 3.69. The number of ether oxygens (including phenoxy) is 4. The predicted octanol–water partition coefficient (Wildman–Crippen LogP) is 6.37. The monoisotopic (exact) mass is 811 g/mol. The number of hydrogen-bond donors (Lipinski definition) is 2. The molecule has 3 aromatic rings. The Bertz CT molecular complexity index is 1890. The third-order valence-electron chi connectivity index (χ3n) is 9.80. The number of anilines is 1. The molecule has 0 radical (unpaired) electrons. The molecule has 2 aliphatic rings. The van der Waals surface area contributed by atoms with Gasteiger partial charge < -0.3 is 29.2 Å². The molecule has 3 heterocycles. The van der Waals surface area contributed by atoms with Crippen molar-refractivity contribution in [2.45, 2.75) is 103 Å². The summed E-state index contributed by atoms with van der Waals surface area (Å²) in [5, 5.41) is 6.90. The van der Waals surface area contributed by atoms with Crippen molar-refractivity contribution in [3.8, 4) is 5.75 Å². The maximum absolute atomic E-state index is 14.6. The van der Waals surface area contributed by atoms with Gasteiger partial charge in [-0.3, -0.25) is 18.9 Å². The van der Waals surface area contributed by atoms with E-state index in [1.165, 1.54) is 36.8 Å². The van der Waals surface area contributed by atoms with Crippen LogP contribution in [-0.2, 0) is 42.4 Å². The van der Waals surface area contributed by atoms with E-state index in [1.807, 2.05) is 0 Å². The normalized spacial score (nSPS) is 25.8. The number of alkyl halides is 3. The Morgan fingerprint density at radius 3 is 2.25 bits per heavy atom. The molecule has 0 spiro atoms. The lowest BCUT2D eigenvalue weighted by Crippen LogP contribution is -2.49. The van der Waals surface area contributed by atoms with Crippen LogP contribution in [0, 0.1) is 23.7 Å². The van der Waals surface area contributed by atoms with Crippen molar-refractivity contribution < 1.29 is 60.1 Å². The second kappa shape index (κ2) is 17.5. The number of carbonyl (C=O) groups is 3. The van der Waals surface area contributed by atoms with Gasteiger partial charge in [0, 0.05) is 0 Å². The Labute approximate surface area is 322 Å². The predicted molar refractivity (Wildman–Crippen MR) is 195 cm³/mol. The topological polar surface area (TPSA) is 192 Å². The summed E-state index contributed by atoms with van der Waals surface area (Å²) in [7, 11) is -4.54. The maximum atomic E-state index is 14.6. The summed E-state index contributed by atoms with van der Waals surface area (Å²) in [6.45, 7) is 8.71. The Kier molecular flexibility index (Phi) is 13.4. The number of nitrogens with two attached hydrogens (primary N) is 1. The van der Waals surface area contributed by atoms with Crippen LogP contribution in [0.25, 0.3) is 5.52 Å². The van der Waals surface area contributed by atoms with Crippen LogP contribution in [0.1, 0.15) is 79.0 Å². The van der Waals surface area contributed by atoms with Gasteiger partial charge in [-0.05, 0) is 69.7 Å². The lowest BCUT2D eigenvalue weighted by atomic mass is 9.82. The highest BCUT2D eigenvalue weighted by Gasteiger charge is 2.59. The van der Waals surface area contributed by atoms with E-state index in [9.17, 15) is 32.1 Å². The highest BCUT2D eigenvalue weighted by molar-refractivity contribution is 7.52. The number of halogens is 3. The van der Waals surface area contributed by atoms with Crippen LogP contribution in [-0.4, -0.2) is 75.7 Å². The molecule has 6 atom stereocenters. The van der Waals surface area contributed by atoms with E-state index in [-0.39, 0.29) is 49.8 Å². The van der Waals surface area contributed by atoms with Crippen molar-refractivity contribution in [1.29, 1.82) is 0 Å². The van der Waals surface area contributed by atoms with Crippen molar-refractivity contribution in [3.63, 3.8) is 0 Å². The standard InChI is InChI=1S/C37H49F3N5O10P/c1-21(2)33(46)52-30-29(27-16-17-28-32(41)42-20-43-45(27)28)54-36(6,31(30)53-34(47)22(3)4)19-51-56(49,55-26-10-8-7-9-11-26)44-23(5)35(48)50-18-24-12-14-25(15-13-24)37(38,39)40/h7-11,16-17,20-25,29-31H,12-15,18-19H2,1-6H3,(H,44,49)(H2,41,42,43)/t23-,24?,25?,29-,30-,31-,36+,56?/m0/s1. The zero-order valence-corrected chi connectivity index (χ0v) is 33.0. The Morgan fingerprint density at radius 2 is 1.62 bits per heavy atom. The minimum atomic E-state index is -4.54. The van der Waals surface area contributed by atoms with Crippen molar-refractivity contribution in [3.05, 3.63) is 54.5 Å². The van der Waals surface area contributed by atoms with Gasteiger partial charge >= 0.3 is 31.8 Å². The molecule has 1 saturated carbocycles. The van der Waals surface area contributed by atoms with Gasteiger partial charge in [0.25, 0.3) is 0 Å². The van der Waals surface area contributed by atoms with E-state index in [0.717, 1.165) is 0 Å². The summed E-state index contributed by atoms with van der Waals surface area (Å²) in [5.41, 5.74) is 5.21. The van der Waals surface area contributed by atoms with Crippen LogP contribution < -0.4 is 15.3 Å². The van der Waals surface area contributed by atoms with Gasteiger partial charge in [-0.1, -0.05) is 45.9 Å². The van der Waals surface area contributed by atoms with E-state index in [0.29, 0.717) is 11.2 Å². The fraction of sp³-hybridized carbons (Fsp3) is 0.595. The van der Waals surface area contributed by atoms with E-state index in [4.69, 9.17) is 33.7 Å². The lowest BCUT2D eigenvalue weighted by Gasteiger charge is -2.33. The van der Waals surface area contributed by atoms with E-state index in [2.05, 4.69) is 15.2 Å². The summed E-state index contributed by atoms with van der Waals surface area (Å²) in [6.07, 6.45) is -6.38. The summed E-state index contributed by atoms with van der Waals surface area (Å²) in [5.74, 6) is -4.64. The molecule has 1 aliphatic heterocycles. The number of nitrogens with one attached hydrogen (secondary N) is 1. The number of nitrogens with zero attached hydrogens (tertiary/aromatic N) is 3. The zero-order chi connectivity index (χ0) is 41.0. The van der Waals surface area contributed by atoms with Crippen molar-refractivity contribution in [1.82, 2.24) is 19.7 Å². The summed E-state index contributed by atoms with van der Waals surface area (Å²) < 4.78 is 91.3. The molecule has 5 rings (SSSR count). The van der Waals surface area contributed by atoms with Crippen molar-refractivity contribution in [2.24, 2.45) is 23.7 Å². The second-order valence-electron chi connectivity index (χ2n) is 15.0. The molecule has 2 fully saturated rings. The van der Waals surface area contributed by atoms with E-state index >= 15 is 0 Å². The number of esters is 3. The smallest absolute Gasteiger partial charge is 0.459 e. The number of rotatable bonds is 15. The molecule has 308 valence electrons. The lowest BCUT2D eigenvalue weighted by molar-refractivity contribution is -0.185. The minimum Gasteiger partial charge on any atom is -0.464 e. The molecule has 56 heavy (non-hydrogen) atoms. The molecule has 1 aliphatic carbocycles. The fourth-order valence-electron chi connectivity index (χ4n) is 6.51. The Hall–Kier alpha value is -4.25. The van der Waals surface area contributed by atoms with Gasteiger partial charge in [-0.25, -0.2) is 14.1 Å². The average molecular weight is 812 g/mol. The van der Waals surface area contributed by atoms with Crippen LogP contribution in [0.15, 0.2) is 48.8 Å². The highest BCUT2D eigenvalue weighted by atomic mass is 31.2. The largest absolute Gasteiger partial charge is 0.464 e. The van der Waals surface area contributed by atoms with Crippen LogP contribution in [0.4, 0.5) is 19.0 Å². The third-order valence-corrected chi connectivity index (χ3v) is 11.4. The number of para-hydroxylation sites is 1. The van der Waals surface area contributed by atoms with E-state index in [1.54, 1.807) is 58.0 Å². The van der Waals surface area contributed by atoms with E-state index < -0.39 is 86.1 Å². The number of benzene rings is 1. The second-order valence-corrected chi connectivity index (χ2v) is 16.7. The summed E-state index contributed by atoms with van der Waals surface area (Å²) >= 11 is 0. The molecule has 19 heteroatoms. The van der Waals surface area contributed by atoms with Crippen LogP contribution in [0.3, 0.4) is 0 Å². The van der Waals surface area contributed by atoms with Gasteiger partial charge in [0.05, 0.1) is 36.7 Å². The SMILES string of the molecule is CC(C)C(=O)O[C@H]1[C@H](c2ccc3c(N)ncnn23)O[C@](C)(COP(=O)(N[C@@H](C)C(=O)OCC2CCC(C(F)(F)F)CC2)Oc2ccccc2)[C@H]1OC(=O)C(C)C. The van der Waals surface area contributed by atoms with Crippen LogP contribution in [0.5, 0.6) is 5.75 Å². The van der Waals surface area contributed by atoms with Crippen molar-refractivity contribution in [2.75, 3.05) is 18.9 Å². The molecule has 1 saturated heterocycles. The first-order valence-corrected chi connectivity index (χ1v) is 20.0. The van der Waals surface area contributed by atoms with Gasteiger partial charge in [0.2, 0.25) is 0 Å². The zero-order valence-electron chi connectivity index (χ0n) is 32.1. The van der Waals surface area contributed by atoms with Gasteiger partial charge in [-0.15, -0.1) is 0 Å². The molecule has 0 bridgehead atoms. The minimum absolute atomic E-state index is 0.0529. The number of nitrogen functional groups attached to an aromatic ring is 1. The quantitative estimate of drug-likeness (QED) is 0.0977. The molecule has 1 aromatic carbocycles. The number of hydrogen-bond acceptors (Lipinski definition) is 13. The highest BCUT2D eigenvalue weighted by Crippen LogP contribution is 2.50. The molecule has 3 N–H and O–H groups in total. The molecule has 1 unspecified atom stereocenters. The molecule has 2 aromatic heterocycles. The van der Waals surface area contributed by atoms with Gasteiger partial charge in [0.15, 0.2) is 18.0 Å². The van der Waals surface area contributed by atoms with Gasteiger partial charge in [0.1, 0.15) is 35.3 Å². The number of fused-ring (bicyclic) bond motifs is 1. The first-order chi connectivity index (χ1) is 26.3. The first-order valence-electron chi connectivity index (χ1n) is 18.5. The molecular weight excluding hydrogens is 762 g/mol. The van der Waals surface area contributed by atoms with Crippen LogP contribution in [0.2, 0.25) is 0 Å².